The molecular formula is C18H15FN4O3. The minimum Gasteiger partial charge on any atom is -0.388 e. The molecule has 1 aliphatic heterocycles. The normalized spacial score (nSPS) is 25.2. The maximum atomic E-state index is 13.7. The predicted octanol–water partition coefficient (Wildman–Crippen LogP) is 1.00. The largest absolute Gasteiger partial charge is 0.388 e. The highest BCUT2D eigenvalue weighted by atomic mass is 19.1. The van der Waals surface area contributed by atoms with Crippen molar-refractivity contribution in [3.63, 3.8) is 0 Å². The van der Waals surface area contributed by atoms with Gasteiger partial charge < -0.3 is 14.9 Å². The molecule has 2 aromatic heterocycles. The van der Waals surface area contributed by atoms with E-state index in [0.717, 1.165) is 0 Å². The molecule has 4 atom stereocenters. The van der Waals surface area contributed by atoms with Crippen LogP contribution in [0.25, 0.3) is 11.2 Å². The molecule has 26 heavy (non-hydrogen) atoms. The van der Waals surface area contributed by atoms with Crippen molar-refractivity contribution in [3.05, 3.63) is 54.0 Å². The van der Waals surface area contributed by atoms with Crippen molar-refractivity contribution in [1.82, 2.24) is 19.5 Å². The fourth-order valence-electron chi connectivity index (χ4n) is 2.88. The van der Waals surface area contributed by atoms with Crippen LogP contribution in [0.2, 0.25) is 0 Å². The molecule has 1 aliphatic rings. The van der Waals surface area contributed by atoms with Crippen molar-refractivity contribution in [2.24, 2.45) is 0 Å². The molecule has 8 heteroatoms. The van der Waals surface area contributed by atoms with Gasteiger partial charge in [0.05, 0.1) is 18.0 Å². The molecule has 1 fully saturated rings. The Bertz CT molecular complexity index is 1030. The average Bonchev–Trinajstić information content (AvgIpc) is 3.18. The maximum Gasteiger partial charge on any atom is 0.166 e. The molecule has 1 aromatic carbocycles. The lowest BCUT2D eigenvalue weighted by atomic mass is 10.1. The van der Waals surface area contributed by atoms with Crippen LogP contribution in [0.5, 0.6) is 0 Å². The topological polar surface area (TPSA) is 93.3 Å². The second kappa shape index (κ2) is 6.46. The van der Waals surface area contributed by atoms with E-state index in [0.29, 0.717) is 16.9 Å². The van der Waals surface area contributed by atoms with Gasteiger partial charge in [-0.3, -0.25) is 4.57 Å². The summed E-state index contributed by atoms with van der Waals surface area (Å²) in [7, 11) is 0. The zero-order valence-corrected chi connectivity index (χ0v) is 13.7. The second-order valence-corrected chi connectivity index (χ2v) is 5.99. The van der Waals surface area contributed by atoms with Gasteiger partial charge in [-0.05, 0) is 25.0 Å². The van der Waals surface area contributed by atoms with Gasteiger partial charge >= 0.3 is 0 Å². The van der Waals surface area contributed by atoms with Crippen LogP contribution in [-0.4, -0.2) is 48.0 Å². The van der Waals surface area contributed by atoms with E-state index in [4.69, 9.17) is 4.74 Å². The van der Waals surface area contributed by atoms with Crippen LogP contribution in [0.4, 0.5) is 4.39 Å². The van der Waals surface area contributed by atoms with E-state index in [1.807, 2.05) is 0 Å². The van der Waals surface area contributed by atoms with Crippen LogP contribution in [-0.2, 0) is 4.74 Å². The van der Waals surface area contributed by atoms with E-state index >= 15 is 0 Å². The molecule has 132 valence electrons. The summed E-state index contributed by atoms with van der Waals surface area (Å²) >= 11 is 0. The van der Waals surface area contributed by atoms with E-state index in [1.54, 1.807) is 25.1 Å². The molecule has 0 bridgehead atoms. The molecule has 4 rings (SSSR count). The molecule has 7 nitrogen and oxygen atoms in total. The Kier molecular flexibility index (Phi) is 4.12. The molecule has 3 aromatic rings. The van der Waals surface area contributed by atoms with Gasteiger partial charge in [0, 0.05) is 0 Å². The van der Waals surface area contributed by atoms with Crippen LogP contribution >= 0.6 is 0 Å². The molecule has 2 N–H and O–H groups in total. The molecule has 1 saturated heterocycles. The van der Waals surface area contributed by atoms with Crippen molar-refractivity contribution in [2.45, 2.75) is 31.5 Å². The maximum absolute atomic E-state index is 13.7. The summed E-state index contributed by atoms with van der Waals surface area (Å²) in [5.41, 5.74) is 1.40. The molecular weight excluding hydrogens is 339 g/mol. The number of imidazole rings is 1. The monoisotopic (exact) mass is 354 g/mol. The third kappa shape index (κ3) is 2.72. The fraction of sp³-hybridized carbons (Fsp3) is 0.278. The predicted molar refractivity (Wildman–Crippen MR) is 89.3 cm³/mol. The van der Waals surface area contributed by atoms with Crippen molar-refractivity contribution in [3.8, 4) is 11.8 Å². The highest BCUT2D eigenvalue weighted by Crippen LogP contribution is 2.31. The first-order valence-electron chi connectivity index (χ1n) is 8.02. The van der Waals surface area contributed by atoms with Crippen LogP contribution in [0.15, 0.2) is 36.9 Å². The van der Waals surface area contributed by atoms with E-state index in [9.17, 15) is 14.6 Å². The fourth-order valence-corrected chi connectivity index (χ4v) is 2.88. The van der Waals surface area contributed by atoms with E-state index in [2.05, 4.69) is 26.8 Å². The number of aliphatic hydroxyl groups excluding tert-OH is 2. The summed E-state index contributed by atoms with van der Waals surface area (Å²) in [5, 5.41) is 20.1. The first-order chi connectivity index (χ1) is 12.6. The van der Waals surface area contributed by atoms with Crippen molar-refractivity contribution in [2.75, 3.05) is 0 Å². The summed E-state index contributed by atoms with van der Waals surface area (Å²) in [6, 6.07) is 6.19. The molecule has 0 unspecified atom stereocenters. The molecule has 3 heterocycles. The van der Waals surface area contributed by atoms with E-state index in [1.165, 1.54) is 23.3 Å². The van der Waals surface area contributed by atoms with Crippen LogP contribution in [0.3, 0.4) is 0 Å². The third-order valence-corrected chi connectivity index (χ3v) is 4.30. The Morgan fingerprint density at radius 1 is 1.12 bits per heavy atom. The lowest BCUT2D eigenvalue weighted by molar-refractivity contribution is -0.0299. The number of aliphatic hydroxyl groups is 2. The van der Waals surface area contributed by atoms with Crippen molar-refractivity contribution < 1.29 is 19.3 Å². The number of hydrogen-bond acceptors (Lipinski definition) is 6. The van der Waals surface area contributed by atoms with Gasteiger partial charge in [0.15, 0.2) is 11.9 Å². The molecule has 0 amide bonds. The number of fused-ring (bicyclic) bond motifs is 1. The molecule has 0 spiro atoms. The number of halogens is 1. The number of hydrogen-bond donors (Lipinski definition) is 2. The summed E-state index contributed by atoms with van der Waals surface area (Å²) in [6.07, 6.45) is -0.675. The van der Waals surface area contributed by atoms with E-state index in [-0.39, 0.29) is 5.56 Å². The van der Waals surface area contributed by atoms with Crippen molar-refractivity contribution in [1.29, 1.82) is 0 Å². The minimum atomic E-state index is -1.11. The first-order valence-corrected chi connectivity index (χ1v) is 8.02. The number of benzene rings is 1. The average molecular weight is 354 g/mol. The Morgan fingerprint density at radius 2 is 1.92 bits per heavy atom. The molecule has 0 saturated carbocycles. The number of rotatable bonds is 1. The van der Waals surface area contributed by atoms with Crippen LogP contribution in [0, 0.1) is 17.7 Å². The Morgan fingerprint density at radius 3 is 2.65 bits per heavy atom. The summed E-state index contributed by atoms with van der Waals surface area (Å²) < 4.78 is 20.8. The van der Waals surface area contributed by atoms with Crippen LogP contribution < -0.4 is 0 Å². The van der Waals surface area contributed by atoms with Crippen molar-refractivity contribution >= 4 is 11.2 Å². The van der Waals surface area contributed by atoms with Gasteiger partial charge in [0.25, 0.3) is 0 Å². The number of ether oxygens (including phenoxy) is 1. The number of nitrogens with zero attached hydrogens (tertiary/aromatic N) is 4. The molecule has 0 radical (unpaired) electrons. The minimum absolute atomic E-state index is 0.255. The van der Waals surface area contributed by atoms with Gasteiger partial charge in [0.1, 0.15) is 35.6 Å². The summed E-state index contributed by atoms with van der Waals surface area (Å²) in [6.45, 7) is 1.67. The summed E-state index contributed by atoms with van der Waals surface area (Å²) in [5.74, 6) is 5.13. The van der Waals surface area contributed by atoms with Gasteiger partial charge in [-0.15, -0.1) is 0 Å². The summed E-state index contributed by atoms with van der Waals surface area (Å²) in [4.78, 5) is 12.5. The van der Waals surface area contributed by atoms with Gasteiger partial charge in [-0.1, -0.05) is 18.1 Å². The second-order valence-electron chi connectivity index (χ2n) is 5.99. The third-order valence-electron chi connectivity index (χ3n) is 4.30. The van der Waals surface area contributed by atoms with E-state index < -0.39 is 30.4 Å². The Balaban J connectivity index is 1.74. The van der Waals surface area contributed by atoms with Gasteiger partial charge in [0.2, 0.25) is 0 Å². The Labute approximate surface area is 148 Å². The zero-order chi connectivity index (χ0) is 18.3. The lowest BCUT2D eigenvalue weighted by Crippen LogP contribution is -2.30. The van der Waals surface area contributed by atoms with Gasteiger partial charge in [-0.25, -0.2) is 19.3 Å². The lowest BCUT2D eigenvalue weighted by Gasteiger charge is -2.16. The van der Waals surface area contributed by atoms with Gasteiger partial charge in [-0.2, -0.15) is 0 Å². The van der Waals surface area contributed by atoms with Crippen LogP contribution in [0.1, 0.15) is 24.4 Å². The smallest absolute Gasteiger partial charge is 0.166 e. The standard InChI is InChI=1S/C18H15FN4O3/c1-10-15(24)16(25)18(26-10)23-9-22-14-13(20-8-21-17(14)23)7-6-11-4-2-3-5-12(11)19/h2-5,8-10,15-16,18,24-25H,1H3/t10-,15-,16-,18-/m1/s1. The zero-order valence-electron chi connectivity index (χ0n) is 13.7. The molecule has 0 aliphatic carbocycles. The first kappa shape index (κ1) is 16.6. The highest BCUT2D eigenvalue weighted by molar-refractivity contribution is 5.76. The number of aromatic nitrogens is 4. The quantitative estimate of drug-likeness (QED) is 0.634. The highest BCUT2D eigenvalue weighted by Gasteiger charge is 2.42. The Hall–Kier alpha value is -2.86. The SMILES string of the molecule is C[C@H]1O[C@@H](n2cnc3c(C#Cc4ccccc4F)ncnc32)[C@H](O)[C@@H]1O.